The van der Waals surface area contributed by atoms with Crippen molar-refractivity contribution in [1.82, 2.24) is 10.2 Å². The molecule has 27 heavy (non-hydrogen) atoms. The van der Waals surface area contributed by atoms with Crippen LogP contribution in [0, 0.1) is 0 Å². The average molecular weight is 370 g/mol. The smallest absolute Gasteiger partial charge is 0.410 e. The molecule has 1 aromatic carbocycles. The number of carbonyl (C=O) groups is 3. The second-order valence-corrected chi connectivity index (χ2v) is 8.03. The third kappa shape index (κ3) is 4.76. The van der Waals surface area contributed by atoms with Gasteiger partial charge in [0.05, 0.1) is 5.92 Å². The summed E-state index contributed by atoms with van der Waals surface area (Å²) in [7, 11) is 0. The first-order valence-corrected chi connectivity index (χ1v) is 9.34. The van der Waals surface area contributed by atoms with E-state index in [0.717, 1.165) is 23.1 Å². The van der Waals surface area contributed by atoms with Gasteiger partial charge in [-0.1, -0.05) is 30.3 Å². The lowest BCUT2D eigenvalue weighted by molar-refractivity contribution is -0.134. The summed E-state index contributed by atoms with van der Waals surface area (Å²) in [4.78, 5) is 37.3. The van der Waals surface area contributed by atoms with Crippen molar-refractivity contribution in [2.45, 2.75) is 51.6 Å². The lowest BCUT2D eigenvalue weighted by atomic mass is 9.88. The summed E-state index contributed by atoms with van der Waals surface area (Å²) in [5.74, 6) is -0.716. The largest absolute Gasteiger partial charge is 0.444 e. The third-order valence-electron chi connectivity index (χ3n) is 4.76. The molecule has 0 spiro atoms. The fourth-order valence-electron chi connectivity index (χ4n) is 3.39. The number of ether oxygens (including phenoxy) is 1. The highest BCUT2D eigenvalue weighted by Gasteiger charge is 2.28. The van der Waals surface area contributed by atoms with E-state index in [0.29, 0.717) is 25.9 Å². The first-order valence-electron chi connectivity index (χ1n) is 9.34. The molecule has 0 saturated carbocycles. The quantitative estimate of drug-likeness (QED) is 0.811. The Labute approximate surface area is 159 Å². The van der Waals surface area contributed by atoms with Gasteiger partial charge >= 0.3 is 6.09 Å². The molecule has 0 bridgehead atoms. The van der Waals surface area contributed by atoms with E-state index in [-0.39, 0.29) is 23.8 Å². The van der Waals surface area contributed by atoms with Crippen LogP contribution in [0.1, 0.15) is 57.1 Å². The van der Waals surface area contributed by atoms with Crippen LogP contribution in [0.15, 0.2) is 30.3 Å². The number of imide groups is 1. The number of nitrogens with one attached hydrogen (secondary N) is 1. The van der Waals surface area contributed by atoms with Gasteiger partial charge in [-0.2, -0.15) is 0 Å². The second kappa shape index (κ2) is 7.55. The first kappa shape index (κ1) is 19.1. The Morgan fingerprint density at radius 1 is 1.22 bits per heavy atom. The molecular formula is C21H26N2O4. The summed E-state index contributed by atoms with van der Waals surface area (Å²) in [6.07, 6.45) is 3.39. The van der Waals surface area contributed by atoms with Crippen LogP contribution in [-0.2, 0) is 14.3 Å². The fourth-order valence-corrected chi connectivity index (χ4v) is 3.39. The number of rotatable bonds is 2. The van der Waals surface area contributed by atoms with Crippen LogP contribution in [0.2, 0.25) is 0 Å². The fraction of sp³-hybridized carbons (Fsp3) is 0.476. The van der Waals surface area contributed by atoms with Crippen LogP contribution in [0.5, 0.6) is 0 Å². The van der Waals surface area contributed by atoms with Gasteiger partial charge in [-0.05, 0) is 50.3 Å². The molecule has 2 heterocycles. The summed E-state index contributed by atoms with van der Waals surface area (Å²) in [5, 5.41) is 2.41. The standard InChI is InChI=1S/C21H26N2O4/c1-21(2,3)27-20(26)23-11-9-14(10-12-23)15-5-4-6-16(13-15)17-7-8-18(24)22-19(17)25/h4-6,9,13,17H,7-8,10-12H2,1-3H3,(H,22,24,25)/t17-/m0/s1. The minimum atomic E-state index is -0.503. The maximum absolute atomic E-state index is 12.2. The number of amides is 3. The van der Waals surface area contributed by atoms with Gasteiger partial charge in [-0.15, -0.1) is 0 Å². The van der Waals surface area contributed by atoms with Crippen molar-refractivity contribution in [2.75, 3.05) is 13.1 Å². The van der Waals surface area contributed by atoms with Crippen molar-refractivity contribution in [1.29, 1.82) is 0 Å². The Morgan fingerprint density at radius 3 is 2.63 bits per heavy atom. The van der Waals surface area contributed by atoms with Gasteiger partial charge in [-0.25, -0.2) is 4.79 Å². The summed E-state index contributed by atoms with van der Waals surface area (Å²) in [6, 6.07) is 7.91. The molecule has 1 atom stereocenters. The molecule has 0 unspecified atom stereocenters. The van der Waals surface area contributed by atoms with Crippen LogP contribution >= 0.6 is 0 Å². The number of piperidine rings is 1. The zero-order valence-corrected chi connectivity index (χ0v) is 16.1. The number of nitrogens with zero attached hydrogens (tertiary/aromatic N) is 1. The van der Waals surface area contributed by atoms with Gasteiger partial charge in [0.15, 0.2) is 0 Å². The van der Waals surface area contributed by atoms with Crippen molar-refractivity contribution in [2.24, 2.45) is 0 Å². The van der Waals surface area contributed by atoms with Gasteiger partial charge < -0.3 is 9.64 Å². The van der Waals surface area contributed by atoms with Crippen LogP contribution in [0.25, 0.3) is 5.57 Å². The molecule has 144 valence electrons. The van der Waals surface area contributed by atoms with Crippen molar-refractivity contribution >= 4 is 23.5 Å². The molecule has 0 aromatic heterocycles. The highest BCUT2D eigenvalue weighted by atomic mass is 16.6. The lowest BCUT2D eigenvalue weighted by Crippen LogP contribution is -2.39. The SMILES string of the molecule is CC(C)(C)OC(=O)N1CC=C(c2cccc([C@@H]3CCC(=O)NC3=O)c2)CC1. The van der Waals surface area contributed by atoms with E-state index < -0.39 is 5.60 Å². The predicted molar refractivity (Wildman–Crippen MR) is 102 cm³/mol. The van der Waals surface area contributed by atoms with Gasteiger partial charge in [0, 0.05) is 19.5 Å². The maximum Gasteiger partial charge on any atom is 0.410 e. The molecular weight excluding hydrogens is 344 g/mol. The normalized spacial score (nSPS) is 20.8. The molecule has 1 aromatic rings. The Balaban J connectivity index is 1.70. The van der Waals surface area contributed by atoms with Gasteiger partial charge in [-0.3, -0.25) is 14.9 Å². The van der Waals surface area contributed by atoms with Gasteiger partial charge in [0.1, 0.15) is 5.60 Å². The average Bonchev–Trinajstić information content (AvgIpc) is 2.60. The molecule has 2 aliphatic rings. The predicted octanol–water partition coefficient (Wildman–Crippen LogP) is 3.23. The molecule has 3 amide bonds. The van der Waals surface area contributed by atoms with Gasteiger partial charge in [0.2, 0.25) is 11.8 Å². The highest BCUT2D eigenvalue weighted by Crippen LogP contribution is 2.29. The third-order valence-corrected chi connectivity index (χ3v) is 4.76. The van der Waals surface area contributed by atoms with Crippen LogP contribution in [0.4, 0.5) is 4.79 Å². The second-order valence-electron chi connectivity index (χ2n) is 8.03. The van der Waals surface area contributed by atoms with Crippen molar-refractivity contribution < 1.29 is 19.1 Å². The minimum absolute atomic E-state index is 0.204. The number of hydrogen-bond donors (Lipinski definition) is 1. The molecule has 0 radical (unpaired) electrons. The molecule has 1 fully saturated rings. The molecule has 1 N–H and O–H groups in total. The zero-order chi connectivity index (χ0) is 19.6. The van der Waals surface area contributed by atoms with E-state index in [1.54, 1.807) is 4.90 Å². The van der Waals surface area contributed by atoms with E-state index in [1.165, 1.54) is 0 Å². The summed E-state index contributed by atoms with van der Waals surface area (Å²) >= 11 is 0. The molecule has 2 aliphatic heterocycles. The summed E-state index contributed by atoms with van der Waals surface area (Å²) in [5.41, 5.74) is 2.63. The Hall–Kier alpha value is -2.63. The molecule has 3 rings (SSSR count). The number of benzene rings is 1. The number of carbonyl (C=O) groups excluding carboxylic acids is 3. The Morgan fingerprint density at radius 2 is 2.00 bits per heavy atom. The van der Waals surface area contributed by atoms with Crippen molar-refractivity contribution in [3.63, 3.8) is 0 Å². The van der Waals surface area contributed by atoms with Crippen LogP contribution in [0.3, 0.4) is 0 Å². The molecule has 0 aliphatic carbocycles. The van der Waals surface area contributed by atoms with E-state index >= 15 is 0 Å². The van der Waals surface area contributed by atoms with E-state index in [1.807, 2.05) is 51.1 Å². The van der Waals surface area contributed by atoms with E-state index in [9.17, 15) is 14.4 Å². The van der Waals surface area contributed by atoms with Crippen LogP contribution in [-0.4, -0.2) is 41.5 Å². The van der Waals surface area contributed by atoms with Crippen molar-refractivity contribution in [3.05, 3.63) is 41.5 Å². The highest BCUT2D eigenvalue weighted by molar-refractivity contribution is 6.01. The molecule has 1 saturated heterocycles. The Bertz CT molecular complexity index is 792. The molecule has 6 nitrogen and oxygen atoms in total. The summed E-state index contributed by atoms with van der Waals surface area (Å²) in [6.45, 7) is 6.68. The minimum Gasteiger partial charge on any atom is -0.444 e. The maximum atomic E-state index is 12.2. The zero-order valence-electron chi connectivity index (χ0n) is 16.1. The van der Waals surface area contributed by atoms with Crippen LogP contribution < -0.4 is 5.32 Å². The topological polar surface area (TPSA) is 75.7 Å². The monoisotopic (exact) mass is 370 g/mol. The Kier molecular flexibility index (Phi) is 5.35. The van der Waals surface area contributed by atoms with E-state index in [2.05, 4.69) is 5.32 Å². The molecule has 6 heteroatoms. The summed E-state index contributed by atoms with van der Waals surface area (Å²) < 4.78 is 5.42. The van der Waals surface area contributed by atoms with E-state index in [4.69, 9.17) is 4.74 Å². The lowest BCUT2D eigenvalue weighted by Gasteiger charge is -2.30. The van der Waals surface area contributed by atoms with Crippen molar-refractivity contribution in [3.8, 4) is 0 Å². The van der Waals surface area contributed by atoms with Gasteiger partial charge in [0.25, 0.3) is 0 Å². The number of hydrogen-bond acceptors (Lipinski definition) is 4. The first-order chi connectivity index (χ1) is 12.7.